The van der Waals surface area contributed by atoms with E-state index in [-0.39, 0.29) is 10.8 Å². The van der Waals surface area contributed by atoms with Crippen LogP contribution in [0.25, 0.3) is 61.2 Å². The summed E-state index contributed by atoms with van der Waals surface area (Å²) in [5, 5.41) is 2.35. The van der Waals surface area contributed by atoms with Crippen LogP contribution in [0.4, 0.5) is 0 Å². The van der Waals surface area contributed by atoms with Crippen LogP contribution in [0.5, 0.6) is 11.5 Å². The maximum atomic E-state index is 6.75. The molecule has 1 aliphatic heterocycles. The molecule has 60 heavy (non-hydrogen) atoms. The van der Waals surface area contributed by atoms with Gasteiger partial charge in [0.1, 0.15) is 17.3 Å². The Morgan fingerprint density at radius 2 is 1.42 bits per heavy atom. The number of benzene rings is 7. The second kappa shape index (κ2) is 11.1. The summed E-state index contributed by atoms with van der Waals surface area (Å²) in [5.41, 5.74) is 19.2. The summed E-state index contributed by atoms with van der Waals surface area (Å²) < 4.78 is 13.5. The fourth-order valence-electron chi connectivity index (χ4n) is 11.6. The number of para-hydroxylation sites is 2. The van der Waals surface area contributed by atoms with Gasteiger partial charge >= 0.3 is 0 Å². The van der Waals surface area contributed by atoms with E-state index in [0.29, 0.717) is 11.8 Å². The van der Waals surface area contributed by atoms with Crippen LogP contribution < -0.4 is 9.30 Å². The predicted molar refractivity (Wildman–Crippen MR) is 237 cm³/mol. The summed E-state index contributed by atoms with van der Waals surface area (Å²) in [4.78, 5) is 4.88. The molecule has 1 spiro atoms. The third kappa shape index (κ3) is 3.98. The van der Waals surface area contributed by atoms with Crippen LogP contribution in [-0.4, -0.2) is 14.1 Å². The summed E-state index contributed by atoms with van der Waals surface area (Å²) in [6.07, 6.45) is 5.76. The molecule has 5 heteroatoms. The molecule has 4 aliphatic rings. The van der Waals surface area contributed by atoms with Crippen molar-refractivity contribution in [3.8, 4) is 39.8 Å². The second-order valence-electron chi connectivity index (χ2n) is 18.2. The minimum absolute atomic E-state index is 0.00288. The summed E-state index contributed by atoms with van der Waals surface area (Å²) in [6.45, 7) is 6.72. The molecule has 7 aromatic carbocycles. The van der Waals surface area contributed by atoms with Gasteiger partial charge in [0, 0.05) is 40.3 Å². The van der Waals surface area contributed by atoms with Crippen molar-refractivity contribution in [1.29, 1.82) is 0 Å². The maximum absolute atomic E-state index is 6.75. The first-order valence-electron chi connectivity index (χ1n) is 21.0. The van der Waals surface area contributed by atoms with Crippen molar-refractivity contribution in [1.82, 2.24) is 14.1 Å². The van der Waals surface area contributed by atoms with Crippen LogP contribution in [0.1, 0.15) is 71.6 Å². The van der Waals surface area contributed by atoms with E-state index in [2.05, 4.69) is 192 Å². The predicted octanol–water partition coefficient (Wildman–Crippen LogP) is 12.2. The molecule has 284 valence electrons. The summed E-state index contributed by atoms with van der Waals surface area (Å²) >= 11 is 0. The van der Waals surface area contributed by atoms with Crippen molar-refractivity contribution < 1.29 is 9.30 Å². The lowest BCUT2D eigenvalue weighted by Gasteiger charge is -2.58. The number of rotatable bonds is 4. The molecule has 4 bridgehead atoms. The van der Waals surface area contributed by atoms with Gasteiger partial charge in [-0.3, -0.25) is 13.7 Å². The third-order valence-electron chi connectivity index (χ3n) is 14.2. The number of nitrogens with zero attached hydrogens (tertiary/aromatic N) is 4. The monoisotopic (exact) mass is 770 g/mol. The van der Waals surface area contributed by atoms with Gasteiger partial charge < -0.3 is 4.74 Å². The molecule has 0 amide bonds. The second-order valence-corrected chi connectivity index (χ2v) is 18.2. The zero-order valence-electron chi connectivity index (χ0n) is 33.4. The van der Waals surface area contributed by atoms with Crippen molar-refractivity contribution in [2.24, 2.45) is 0 Å². The fourth-order valence-corrected chi connectivity index (χ4v) is 11.6. The Balaban J connectivity index is 0.894. The Labute approximate surface area is 347 Å². The van der Waals surface area contributed by atoms with Gasteiger partial charge in [0.15, 0.2) is 0 Å². The van der Waals surface area contributed by atoms with Crippen molar-refractivity contribution in [2.45, 2.75) is 43.4 Å². The van der Waals surface area contributed by atoms with Gasteiger partial charge in [-0.2, -0.15) is 0 Å². The third-order valence-corrected chi connectivity index (χ3v) is 14.2. The number of hydrogen-bond acceptors (Lipinski definition) is 2. The highest BCUT2D eigenvalue weighted by Gasteiger charge is 2.69. The Bertz CT molecular complexity index is 3540. The van der Waals surface area contributed by atoms with Gasteiger partial charge in [0.05, 0.1) is 33.4 Å². The van der Waals surface area contributed by atoms with E-state index in [1.807, 2.05) is 12.3 Å². The van der Waals surface area contributed by atoms with Gasteiger partial charge in [0.25, 0.3) is 6.33 Å². The lowest BCUT2D eigenvalue weighted by molar-refractivity contribution is -0.572. The number of ether oxygens (including phenoxy) is 1. The Hall–Kier alpha value is -7.24. The SMILES string of the molecule is CC(C)(C)c1ccnc(-n2c3ccccc3c3ccc(Oc4cccc(-n5[c-][n+]6c7c(cccc75)-c5ccc7c(c5)C5c8cc-6ccc8C6c8ccccc8C765)c4)cc32)c1. The van der Waals surface area contributed by atoms with Gasteiger partial charge in [-0.25, -0.2) is 4.98 Å². The minimum Gasteiger partial charge on any atom is -0.458 e. The molecular formula is C55H38N4O. The Kier molecular flexibility index (Phi) is 6.03. The van der Waals surface area contributed by atoms with E-state index in [9.17, 15) is 0 Å². The minimum atomic E-state index is -0.00288. The highest BCUT2D eigenvalue weighted by Crippen LogP contribution is 2.77. The average molecular weight is 771 g/mol. The molecule has 3 aromatic heterocycles. The lowest BCUT2D eigenvalue weighted by atomic mass is 9.43. The highest BCUT2D eigenvalue weighted by molar-refractivity contribution is 6.09. The van der Waals surface area contributed by atoms with E-state index >= 15 is 0 Å². The molecule has 0 saturated heterocycles. The van der Waals surface area contributed by atoms with Crippen LogP contribution in [0.2, 0.25) is 0 Å². The van der Waals surface area contributed by atoms with Gasteiger partial charge in [-0.15, -0.1) is 0 Å². The zero-order chi connectivity index (χ0) is 39.6. The van der Waals surface area contributed by atoms with Crippen molar-refractivity contribution in [2.75, 3.05) is 0 Å². The van der Waals surface area contributed by atoms with E-state index in [4.69, 9.17) is 9.72 Å². The molecular weight excluding hydrogens is 733 g/mol. The molecule has 3 atom stereocenters. The molecule has 5 nitrogen and oxygen atoms in total. The lowest BCUT2D eigenvalue weighted by Crippen LogP contribution is -2.52. The molecule has 0 saturated carbocycles. The topological polar surface area (TPSA) is 35.9 Å². The van der Waals surface area contributed by atoms with Crippen LogP contribution in [-0.2, 0) is 10.8 Å². The standard InChI is InChI=1S/C55H38N4O/c1-54(2,3)33-24-25-56-50(27-33)59-47-16-7-5-12-39(47)40-22-20-37(30-49(40)59)60-36-11-8-10-34(28-36)57-31-58-35-19-21-41-43(29-35)52-44-26-32(38-14-9-17-48(57)53(38)58)18-23-46(44)55(52)45-15-6-4-13-42(45)51(41)55/h4-30,51-52H,1-3H3. The molecule has 14 rings (SSSR count). The van der Waals surface area contributed by atoms with Gasteiger partial charge in [-0.1, -0.05) is 112 Å². The number of aromatic nitrogens is 4. The van der Waals surface area contributed by atoms with Crippen molar-refractivity contribution in [3.05, 3.63) is 209 Å². The fraction of sp³-hybridized carbons (Fsp3) is 0.127. The van der Waals surface area contributed by atoms with E-state index in [1.165, 1.54) is 55.5 Å². The highest BCUT2D eigenvalue weighted by atomic mass is 16.5. The normalized spacial score (nSPS) is 18.6. The molecule has 0 radical (unpaired) electrons. The van der Waals surface area contributed by atoms with Gasteiger partial charge in [0.2, 0.25) is 0 Å². The number of pyridine rings is 1. The molecule has 0 N–H and O–H groups in total. The maximum Gasteiger partial charge on any atom is 0.269 e. The molecule has 10 aromatic rings. The zero-order valence-corrected chi connectivity index (χ0v) is 33.4. The molecule has 4 heterocycles. The first kappa shape index (κ1) is 32.7. The van der Waals surface area contributed by atoms with Crippen LogP contribution in [0.3, 0.4) is 0 Å². The first-order chi connectivity index (χ1) is 29.4. The van der Waals surface area contributed by atoms with E-state index in [0.717, 1.165) is 56.1 Å². The Morgan fingerprint density at radius 1 is 0.617 bits per heavy atom. The molecule has 3 unspecified atom stereocenters. The van der Waals surface area contributed by atoms with Crippen LogP contribution in [0.15, 0.2) is 164 Å². The number of imidazole rings is 1. The largest absolute Gasteiger partial charge is 0.458 e. The number of fused-ring (bicyclic) bond motifs is 10. The molecule has 3 aliphatic carbocycles. The quantitative estimate of drug-likeness (QED) is 0.132. The Morgan fingerprint density at radius 3 is 2.35 bits per heavy atom. The number of hydrogen-bond donors (Lipinski definition) is 0. The van der Waals surface area contributed by atoms with Crippen LogP contribution in [0, 0.1) is 6.33 Å². The first-order valence-corrected chi connectivity index (χ1v) is 21.0. The summed E-state index contributed by atoms with van der Waals surface area (Å²) in [7, 11) is 0. The molecule has 0 fully saturated rings. The van der Waals surface area contributed by atoms with Crippen LogP contribution >= 0.6 is 0 Å². The van der Waals surface area contributed by atoms with Crippen molar-refractivity contribution >= 4 is 32.8 Å². The van der Waals surface area contributed by atoms with Gasteiger partial charge in [-0.05, 0) is 116 Å². The summed E-state index contributed by atoms with van der Waals surface area (Å²) in [6, 6.07) is 57.9. The summed E-state index contributed by atoms with van der Waals surface area (Å²) in [5.74, 6) is 3.19. The van der Waals surface area contributed by atoms with E-state index < -0.39 is 0 Å². The smallest absolute Gasteiger partial charge is 0.269 e. The van der Waals surface area contributed by atoms with E-state index in [1.54, 1.807) is 0 Å². The average Bonchev–Trinajstić information content (AvgIpc) is 3.87. The van der Waals surface area contributed by atoms with Crippen molar-refractivity contribution in [3.63, 3.8) is 0 Å².